The highest BCUT2D eigenvalue weighted by Crippen LogP contribution is 2.16. The van der Waals surface area contributed by atoms with Crippen LogP contribution in [0.1, 0.15) is 32.1 Å². The summed E-state index contributed by atoms with van der Waals surface area (Å²) in [4.78, 5) is 0. The first-order chi connectivity index (χ1) is 7.33. The second-order valence-corrected chi connectivity index (χ2v) is 4.25. The van der Waals surface area contributed by atoms with E-state index in [9.17, 15) is 0 Å². The van der Waals surface area contributed by atoms with Crippen LogP contribution >= 0.6 is 0 Å². The fourth-order valence-corrected chi connectivity index (χ4v) is 1.93. The number of nitrogens with two attached hydrogens (primary N) is 1. The summed E-state index contributed by atoms with van der Waals surface area (Å²) in [5.74, 6) is 0. The Labute approximate surface area is 92.2 Å². The van der Waals surface area contributed by atoms with Gasteiger partial charge >= 0.3 is 0 Å². The normalized spacial score (nSPS) is 20.4. The van der Waals surface area contributed by atoms with Crippen LogP contribution in [0.4, 0.5) is 0 Å². The van der Waals surface area contributed by atoms with Crippen molar-refractivity contribution in [2.45, 2.75) is 44.2 Å². The van der Waals surface area contributed by atoms with Crippen molar-refractivity contribution in [3.63, 3.8) is 0 Å². The molecular weight excluding hydrogens is 192 g/mol. The molecular formula is C11H24N2O2. The molecule has 4 heteroatoms. The molecule has 4 N–H and O–H groups in total. The molecule has 90 valence electrons. The van der Waals surface area contributed by atoms with Crippen LogP contribution in [0.15, 0.2) is 0 Å². The van der Waals surface area contributed by atoms with Crippen molar-refractivity contribution in [2.75, 3.05) is 26.3 Å². The number of aliphatic hydroxyl groups is 1. The zero-order chi connectivity index (χ0) is 10.9. The van der Waals surface area contributed by atoms with E-state index >= 15 is 0 Å². The third-order valence-corrected chi connectivity index (χ3v) is 2.87. The maximum atomic E-state index is 9.14. The molecule has 1 atom stereocenters. The van der Waals surface area contributed by atoms with E-state index in [-0.39, 0.29) is 6.54 Å². The van der Waals surface area contributed by atoms with E-state index < -0.39 is 6.10 Å². The van der Waals surface area contributed by atoms with Crippen LogP contribution < -0.4 is 11.1 Å². The maximum Gasteiger partial charge on any atom is 0.0895 e. The molecule has 1 aliphatic rings. The second kappa shape index (κ2) is 8.05. The summed E-state index contributed by atoms with van der Waals surface area (Å²) < 4.78 is 5.28. The van der Waals surface area contributed by atoms with Gasteiger partial charge in [0.15, 0.2) is 0 Å². The lowest BCUT2D eigenvalue weighted by molar-refractivity contribution is 0.0416. The van der Waals surface area contributed by atoms with Gasteiger partial charge in [-0.3, -0.25) is 0 Å². The van der Waals surface area contributed by atoms with Crippen LogP contribution in [0.25, 0.3) is 0 Å². The van der Waals surface area contributed by atoms with Gasteiger partial charge in [0, 0.05) is 19.1 Å². The molecule has 0 radical (unpaired) electrons. The molecule has 0 bridgehead atoms. The predicted molar refractivity (Wildman–Crippen MR) is 60.8 cm³/mol. The molecule has 0 aromatic rings. The molecule has 0 aromatic carbocycles. The number of ether oxygens (including phenoxy) is 1. The van der Waals surface area contributed by atoms with Crippen LogP contribution in [0.3, 0.4) is 0 Å². The van der Waals surface area contributed by atoms with E-state index in [0.717, 1.165) is 6.54 Å². The second-order valence-electron chi connectivity index (χ2n) is 4.25. The summed E-state index contributed by atoms with van der Waals surface area (Å²) in [5, 5.41) is 12.6. The summed E-state index contributed by atoms with van der Waals surface area (Å²) in [6.45, 7) is 2.16. The van der Waals surface area contributed by atoms with Gasteiger partial charge in [-0.05, 0) is 12.8 Å². The number of nitrogens with one attached hydrogen (secondary N) is 1. The van der Waals surface area contributed by atoms with E-state index in [2.05, 4.69) is 5.32 Å². The standard InChI is InChI=1S/C11H24N2O2/c12-8-11(14)9-15-7-6-13-10-4-2-1-3-5-10/h10-11,13-14H,1-9,12H2/t11-/m0/s1. The maximum absolute atomic E-state index is 9.14. The molecule has 0 amide bonds. The Hall–Kier alpha value is -0.160. The highest BCUT2D eigenvalue weighted by molar-refractivity contribution is 4.71. The van der Waals surface area contributed by atoms with Crippen LogP contribution in [0, 0.1) is 0 Å². The minimum atomic E-state index is -0.514. The number of hydrogen-bond acceptors (Lipinski definition) is 4. The van der Waals surface area contributed by atoms with Gasteiger partial charge in [0.2, 0.25) is 0 Å². The molecule has 1 saturated carbocycles. The molecule has 1 aliphatic carbocycles. The Bertz CT molecular complexity index is 150. The van der Waals surface area contributed by atoms with Crippen molar-refractivity contribution in [2.24, 2.45) is 5.73 Å². The molecule has 4 nitrogen and oxygen atoms in total. The Balaban J connectivity index is 1.87. The van der Waals surface area contributed by atoms with Gasteiger partial charge in [0.25, 0.3) is 0 Å². The number of hydrogen-bond donors (Lipinski definition) is 3. The van der Waals surface area contributed by atoms with Gasteiger partial charge in [0.05, 0.1) is 19.3 Å². The summed E-state index contributed by atoms with van der Waals surface area (Å²) in [5.41, 5.74) is 5.26. The molecule has 0 aromatic heterocycles. The van der Waals surface area contributed by atoms with Gasteiger partial charge < -0.3 is 20.9 Å². The Morgan fingerprint density at radius 2 is 2.07 bits per heavy atom. The van der Waals surface area contributed by atoms with E-state index in [1.165, 1.54) is 32.1 Å². The SMILES string of the molecule is NC[C@H](O)COCCNC1CCCCC1. The molecule has 0 saturated heterocycles. The Kier molecular flexibility index (Phi) is 6.92. The lowest BCUT2D eigenvalue weighted by Gasteiger charge is -2.22. The summed E-state index contributed by atoms with van der Waals surface area (Å²) in [7, 11) is 0. The average Bonchev–Trinajstić information content (AvgIpc) is 2.29. The monoisotopic (exact) mass is 216 g/mol. The van der Waals surface area contributed by atoms with Crippen molar-refractivity contribution in [1.82, 2.24) is 5.32 Å². The highest BCUT2D eigenvalue weighted by Gasteiger charge is 2.11. The molecule has 1 fully saturated rings. The molecule has 15 heavy (non-hydrogen) atoms. The number of aliphatic hydroxyl groups excluding tert-OH is 1. The van der Waals surface area contributed by atoms with Crippen LogP contribution in [-0.2, 0) is 4.74 Å². The van der Waals surface area contributed by atoms with E-state index in [1.807, 2.05) is 0 Å². The van der Waals surface area contributed by atoms with Crippen molar-refractivity contribution >= 4 is 0 Å². The summed E-state index contributed by atoms with van der Waals surface area (Å²) in [6.07, 6.45) is 6.17. The molecule has 1 rings (SSSR count). The van der Waals surface area contributed by atoms with E-state index in [4.69, 9.17) is 15.6 Å². The third-order valence-electron chi connectivity index (χ3n) is 2.87. The lowest BCUT2D eigenvalue weighted by atomic mass is 9.96. The quantitative estimate of drug-likeness (QED) is 0.533. The van der Waals surface area contributed by atoms with Gasteiger partial charge in [-0.2, -0.15) is 0 Å². The topological polar surface area (TPSA) is 67.5 Å². The highest BCUT2D eigenvalue weighted by atomic mass is 16.5. The van der Waals surface area contributed by atoms with Gasteiger partial charge in [0.1, 0.15) is 0 Å². The van der Waals surface area contributed by atoms with Crippen LogP contribution in [0.5, 0.6) is 0 Å². The average molecular weight is 216 g/mol. The fraction of sp³-hybridized carbons (Fsp3) is 1.00. The lowest BCUT2D eigenvalue weighted by Crippen LogP contribution is -2.34. The van der Waals surface area contributed by atoms with Gasteiger partial charge in [-0.1, -0.05) is 19.3 Å². The number of rotatable bonds is 7. The smallest absolute Gasteiger partial charge is 0.0895 e. The van der Waals surface area contributed by atoms with Crippen molar-refractivity contribution in [3.05, 3.63) is 0 Å². The molecule has 0 unspecified atom stereocenters. The van der Waals surface area contributed by atoms with E-state index in [1.54, 1.807) is 0 Å². The molecule has 0 spiro atoms. The first-order valence-corrected chi connectivity index (χ1v) is 6.02. The zero-order valence-electron chi connectivity index (χ0n) is 9.45. The molecule has 0 aliphatic heterocycles. The largest absolute Gasteiger partial charge is 0.389 e. The minimum absolute atomic E-state index is 0.274. The fourth-order valence-electron chi connectivity index (χ4n) is 1.93. The first-order valence-electron chi connectivity index (χ1n) is 6.02. The predicted octanol–water partition coefficient (Wildman–Crippen LogP) is 0.245. The zero-order valence-corrected chi connectivity index (χ0v) is 9.45. The Morgan fingerprint density at radius 3 is 2.73 bits per heavy atom. The van der Waals surface area contributed by atoms with Crippen molar-refractivity contribution < 1.29 is 9.84 Å². The summed E-state index contributed by atoms with van der Waals surface area (Å²) >= 11 is 0. The van der Waals surface area contributed by atoms with Gasteiger partial charge in [-0.15, -0.1) is 0 Å². The molecule has 0 heterocycles. The van der Waals surface area contributed by atoms with Crippen LogP contribution in [0.2, 0.25) is 0 Å². The van der Waals surface area contributed by atoms with Crippen LogP contribution in [-0.4, -0.2) is 43.6 Å². The summed E-state index contributed by atoms with van der Waals surface area (Å²) in [6, 6.07) is 0.682. The van der Waals surface area contributed by atoms with Crippen molar-refractivity contribution in [1.29, 1.82) is 0 Å². The Morgan fingerprint density at radius 1 is 1.33 bits per heavy atom. The first kappa shape index (κ1) is 12.9. The van der Waals surface area contributed by atoms with E-state index in [0.29, 0.717) is 19.3 Å². The minimum Gasteiger partial charge on any atom is -0.389 e. The van der Waals surface area contributed by atoms with Gasteiger partial charge in [-0.25, -0.2) is 0 Å². The third kappa shape index (κ3) is 6.10. The van der Waals surface area contributed by atoms with Crippen molar-refractivity contribution in [3.8, 4) is 0 Å².